The SMILES string of the molecule is Clc1ccc(C2CCCCN2)cc1. The fraction of sp³-hybridized carbons (Fsp3) is 0.455. The largest absolute Gasteiger partial charge is 0.310 e. The zero-order valence-electron chi connectivity index (χ0n) is 7.59. The van der Waals surface area contributed by atoms with Crippen LogP contribution in [0, 0.1) is 0 Å². The maximum absolute atomic E-state index is 5.83. The summed E-state index contributed by atoms with van der Waals surface area (Å²) < 4.78 is 0. The summed E-state index contributed by atoms with van der Waals surface area (Å²) in [6, 6.07) is 8.71. The Morgan fingerprint density at radius 3 is 2.54 bits per heavy atom. The smallest absolute Gasteiger partial charge is 0.0406 e. The zero-order chi connectivity index (χ0) is 9.10. The number of halogens is 1. The molecular formula is C11H14ClN. The van der Waals surface area contributed by atoms with Crippen LogP contribution in [0.1, 0.15) is 30.9 Å². The van der Waals surface area contributed by atoms with E-state index in [4.69, 9.17) is 11.6 Å². The second-order valence-electron chi connectivity index (χ2n) is 3.55. The molecule has 1 N–H and O–H groups in total. The summed E-state index contributed by atoms with van der Waals surface area (Å²) in [5, 5.41) is 4.33. The maximum atomic E-state index is 5.83. The van der Waals surface area contributed by atoms with Crippen molar-refractivity contribution in [1.82, 2.24) is 5.32 Å². The van der Waals surface area contributed by atoms with Gasteiger partial charge < -0.3 is 5.32 Å². The molecule has 1 aliphatic rings. The van der Waals surface area contributed by atoms with Gasteiger partial charge in [-0.05, 0) is 37.1 Å². The average Bonchev–Trinajstić information content (AvgIpc) is 2.20. The first-order valence-electron chi connectivity index (χ1n) is 4.85. The van der Waals surface area contributed by atoms with Crippen LogP contribution in [0.2, 0.25) is 5.02 Å². The van der Waals surface area contributed by atoms with Crippen LogP contribution in [-0.4, -0.2) is 6.54 Å². The van der Waals surface area contributed by atoms with E-state index in [1.54, 1.807) is 0 Å². The van der Waals surface area contributed by atoms with Gasteiger partial charge in [0.25, 0.3) is 0 Å². The normalized spacial score (nSPS) is 23.0. The van der Waals surface area contributed by atoms with Crippen LogP contribution in [0.15, 0.2) is 24.3 Å². The van der Waals surface area contributed by atoms with Crippen molar-refractivity contribution < 1.29 is 0 Å². The van der Waals surface area contributed by atoms with Crippen LogP contribution in [0.5, 0.6) is 0 Å². The molecule has 0 aliphatic carbocycles. The molecule has 1 aliphatic heterocycles. The van der Waals surface area contributed by atoms with E-state index in [1.807, 2.05) is 12.1 Å². The number of rotatable bonds is 1. The molecule has 1 aromatic rings. The molecule has 1 fully saturated rings. The molecule has 70 valence electrons. The number of hydrogen-bond acceptors (Lipinski definition) is 1. The Morgan fingerprint density at radius 1 is 1.15 bits per heavy atom. The van der Waals surface area contributed by atoms with Crippen LogP contribution >= 0.6 is 11.6 Å². The number of benzene rings is 1. The summed E-state index contributed by atoms with van der Waals surface area (Å²) in [7, 11) is 0. The summed E-state index contributed by atoms with van der Waals surface area (Å²) in [6.45, 7) is 1.15. The fourth-order valence-electron chi connectivity index (χ4n) is 1.83. The van der Waals surface area contributed by atoms with Crippen LogP contribution in [-0.2, 0) is 0 Å². The highest BCUT2D eigenvalue weighted by Gasteiger charge is 2.13. The van der Waals surface area contributed by atoms with Gasteiger partial charge in [-0.3, -0.25) is 0 Å². The molecule has 0 spiro atoms. The van der Waals surface area contributed by atoms with E-state index in [-0.39, 0.29) is 0 Å². The van der Waals surface area contributed by atoms with Gasteiger partial charge in [-0.1, -0.05) is 30.2 Å². The highest BCUT2D eigenvalue weighted by molar-refractivity contribution is 6.30. The summed E-state index contributed by atoms with van der Waals surface area (Å²) in [4.78, 5) is 0. The molecule has 0 bridgehead atoms. The zero-order valence-corrected chi connectivity index (χ0v) is 8.35. The van der Waals surface area contributed by atoms with Gasteiger partial charge in [0, 0.05) is 11.1 Å². The van der Waals surface area contributed by atoms with E-state index in [0.29, 0.717) is 6.04 Å². The molecular weight excluding hydrogens is 182 g/mol. The van der Waals surface area contributed by atoms with Gasteiger partial charge in [0.2, 0.25) is 0 Å². The minimum Gasteiger partial charge on any atom is -0.310 e. The van der Waals surface area contributed by atoms with Gasteiger partial charge in [-0.25, -0.2) is 0 Å². The molecule has 2 rings (SSSR count). The van der Waals surface area contributed by atoms with Crippen LogP contribution in [0.3, 0.4) is 0 Å². The van der Waals surface area contributed by atoms with E-state index in [2.05, 4.69) is 17.4 Å². The number of hydrogen-bond donors (Lipinski definition) is 1. The molecule has 0 saturated carbocycles. The van der Waals surface area contributed by atoms with Crippen molar-refractivity contribution in [2.75, 3.05) is 6.54 Å². The van der Waals surface area contributed by atoms with Crippen LogP contribution in [0.4, 0.5) is 0 Å². The Bertz CT molecular complexity index is 262. The second-order valence-corrected chi connectivity index (χ2v) is 3.99. The predicted molar refractivity (Wildman–Crippen MR) is 56.0 cm³/mol. The number of nitrogens with one attached hydrogen (secondary N) is 1. The van der Waals surface area contributed by atoms with Crippen molar-refractivity contribution >= 4 is 11.6 Å². The van der Waals surface area contributed by atoms with Gasteiger partial charge in [-0.15, -0.1) is 0 Å². The van der Waals surface area contributed by atoms with E-state index in [9.17, 15) is 0 Å². The van der Waals surface area contributed by atoms with Gasteiger partial charge in [0.05, 0.1) is 0 Å². The Hall–Kier alpha value is -0.530. The maximum Gasteiger partial charge on any atom is 0.0406 e. The molecule has 0 amide bonds. The van der Waals surface area contributed by atoms with Crippen molar-refractivity contribution in [3.05, 3.63) is 34.9 Å². The quantitative estimate of drug-likeness (QED) is 0.726. The third-order valence-corrected chi connectivity index (χ3v) is 2.83. The molecule has 1 saturated heterocycles. The van der Waals surface area contributed by atoms with Crippen molar-refractivity contribution in [3.63, 3.8) is 0 Å². The van der Waals surface area contributed by atoms with Gasteiger partial charge in [-0.2, -0.15) is 0 Å². The molecule has 1 unspecified atom stereocenters. The summed E-state index contributed by atoms with van der Waals surface area (Å²) in [5.74, 6) is 0. The van der Waals surface area contributed by atoms with Crippen molar-refractivity contribution in [2.24, 2.45) is 0 Å². The van der Waals surface area contributed by atoms with Crippen LogP contribution < -0.4 is 5.32 Å². The summed E-state index contributed by atoms with van der Waals surface area (Å²) >= 11 is 5.83. The van der Waals surface area contributed by atoms with Crippen molar-refractivity contribution in [3.8, 4) is 0 Å². The van der Waals surface area contributed by atoms with E-state index >= 15 is 0 Å². The first-order valence-corrected chi connectivity index (χ1v) is 5.23. The lowest BCUT2D eigenvalue weighted by molar-refractivity contribution is 0.412. The molecule has 1 aromatic carbocycles. The first-order chi connectivity index (χ1) is 6.36. The van der Waals surface area contributed by atoms with Gasteiger partial charge >= 0.3 is 0 Å². The number of piperidine rings is 1. The minimum absolute atomic E-state index is 0.547. The molecule has 0 aromatic heterocycles. The van der Waals surface area contributed by atoms with Crippen molar-refractivity contribution in [2.45, 2.75) is 25.3 Å². The third kappa shape index (κ3) is 2.23. The average molecular weight is 196 g/mol. The molecule has 1 nitrogen and oxygen atoms in total. The topological polar surface area (TPSA) is 12.0 Å². The Balaban J connectivity index is 2.10. The fourth-order valence-corrected chi connectivity index (χ4v) is 1.96. The Morgan fingerprint density at radius 2 is 1.92 bits per heavy atom. The predicted octanol–water partition coefficient (Wildman–Crippen LogP) is 3.15. The van der Waals surface area contributed by atoms with Crippen LogP contribution in [0.25, 0.3) is 0 Å². The van der Waals surface area contributed by atoms with E-state index < -0.39 is 0 Å². The first kappa shape index (κ1) is 9.04. The van der Waals surface area contributed by atoms with E-state index in [1.165, 1.54) is 24.8 Å². The molecule has 1 heterocycles. The highest BCUT2D eigenvalue weighted by Crippen LogP contribution is 2.23. The monoisotopic (exact) mass is 195 g/mol. The lowest BCUT2D eigenvalue weighted by Crippen LogP contribution is -2.26. The van der Waals surface area contributed by atoms with Crippen molar-refractivity contribution in [1.29, 1.82) is 0 Å². The standard InChI is InChI=1S/C11H14ClN/c12-10-6-4-9(5-7-10)11-3-1-2-8-13-11/h4-7,11,13H,1-3,8H2. The van der Waals surface area contributed by atoms with Gasteiger partial charge in [0.1, 0.15) is 0 Å². The molecule has 0 radical (unpaired) electrons. The van der Waals surface area contributed by atoms with E-state index in [0.717, 1.165) is 11.6 Å². The molecule has 2 heteroatoms. The third-order valence-electron chi connectivity index (χ3n) is 2.58. The lowest BCUT2D eigenvalue weighted by Gasteiger charge is -2.23. The highest BCUT2D eigenvalue weighted by atomic mass is 35.5. The Labute approximate surface area is 84.1 Å². The lowest BCUT2D eigenvalue weighted by atomic mass is 9.98. The molecule has 1 atom stereocenters. The molecule has 13 heavy (non-hydrogen) atoms. The summed E-state index contributed by atoms with van der Waals surface area (Å²) in [6.07, 6.45) is 3.89. The second kappa shape index (κ2) is 4.12. The minimum atomic E-state index is 0.547. The van der Waals surface area contributed by atoms with Gasteiger partial charge in [0.15, 0.2) is 0 Å². The summed E-state index contributed by atoms with van der Waals surface area (Å²) in [5.41, 5.74) is 1.36. The Kier molecular flexibility index (Phi) is 2.87.